The third-order valence-electron chi connectivity index (χ3n) is 12.2. The van der Waals surface area contributed by atoms with E-state index >= 15 is 0 Å². The Kier molecular flexibility index (Phi) is 7.32. The molecule has 0 bridgehead atoms. The van der Waals surface area contributed by atoms with E-state index in [4.69, 9.17) is 0 Å². The predicted molar refractivity (Wildman–Crippen MR) is 222 cm³/mol. The van der Waals surface area contributed by atoms with Crippen LogP contribution in [0.4, 0.5) is 17.1 Å². The second-order valence-corrected chi connectivity index (χ2v) is 15.6. The first-order chi connectivity index (χ1) is 25.5. The minimum Gasteiger partial charge on any atom is -0.310 e. The molecule has 1 nitrogen and oxygen atoms in total. The lowest BCUT2D eigenvalue weighted by atomic mass is 9.82. The van der Waals surface area contributed by atoms with Gasteiger partial charge >= 0.3 is 0 Å². The van der Waals surface area contributed by atoms with E-state index in [0.29, 0.717) is 5.92 Å². The summed E-state index contributed by atoms with van der Waals surface area (Å²) in [5.41, 5.74) is 12.9. The third kappa shape index (κ3) is 4.98. The van der Waals surface area contributed by atoms with E-state index in [1.54, 1.807) is 0 Å². The Hall–Kier alpha value is -5.66. The van der Waals surface area contributed by atoms with Gasteiger partial charge in [0.15, 0.2) is 0 Å². The van der Waals surface area contributed by atoms with Crippen molar-refractivity contribution < 1.29 is 0 Å². The van der Waals surface area contributed by atoms with Crippen LogP contribution in [0.5, 0.6) is 0 Å². The lowest BCUT2D eigenvalue weighted by Gasteiger charge is -2.30. The van der Waals surface area contributed by atoms with Gasteiger partial charge < -0.3 is 4.90 Å². The maximum atomic E-state index is 2.52. The highest BCUT2D eigenvalue weighted by atomic mass is 15.1. The molecule has 2 aliphatic rings. The first kappa shape index (κ1) is 31.1. The van der Waals surface area contributed by atoms with E-state index < -0.39 is 0 Å². The van der Waals surface area contributed by atoms with Crippen molar-refractivity contribution in [3.8, 4) is 22.3 Å². The number of rotatable bonds is 5. The van der Waals surface area contributed by atoms with Crippen LogP contribution >= 0.6 is 0 Å². The number of fused-ring (bicyclic) bond motifs is 6. The first-order valence-corrected chi connectivity index (χ1v) is 19.1. The first-order valence-electron chi connectivity index (χ1n) is 19.1. The number of hydrogen-bond donors (Lipinski definition) is 0. The van der Waals surface area contributed by atoms with Crippen molar-refractivity contribution in [1.29, 1.82) is 0 Å². The fourth-order valence-corrected chi connectivity index (χ4v) is 9.53. The maximum Gasteiger partial charge on any atom is 0.0546 e. The van der Waals surface area contributed by atoms with Gasteiger partial charge in [0.25, 0.3) is 0 Å². The second-order valence-electron chi connectivity index (χ2n) is 15.6. The SMILES string of the molecule is CC1(C)c2ccccc2-c2cc(N(c3ccc4cc(C5CCCCC5)ccc4c3)c3ccc4ccccc4c3-c3cccc4ccccc34)ccc21. The molecule has 0 radical (unpaired) electrons. The summed E-state index contributed by atoms with van der Waals surface area (Å²) in [6.07, 6.45) is 6.71. The van der Waals surface area contributed by atoms with Crippen LogP contribution in [0.25, 0.3) is 54.6 Å². The molecule has 0 aromatic heterocycles. The van der Waals surface area contributed by atoms with Gasteiger partial charge in [0.2, 0.25) is 0 Å². The Bertz CT molecular complexity index is 2650. The summed E-state index contributed by atoms with van der Waals surface area (Å²) in [4.78, 5) is 2.52. The van der Waals surface area contributed by atoms with Crippen molar-refractivity contribution in [3.05, 3.63) is 174 Å². The monoisotopic (exact) mass is 669 g/mol. The van der Waals surface area contributed by atoms with E-state index in [2.05, 4.69) is 176 Å². The Morgan fingerprint density at radius 3 is 1.94 bits per heavy atom. The number of hydrogen-bond acceptors (Lipinski definition) is 1. The summed E-state index contributed by atoms with van der Waals surface area (Å²) >= 11 is 0. The molecule has 1 fully saturated rings. The van der Waals surface area contributed by atoms with Crippen molar-refractivity contribution in [2.75, 3.05) is 4.90 Å². The molecule has 1 heteroatoms. The Labute approximate surface area is 307 Å². The number of nitrogens with zero attached hydrogens (tertiary/aromatic N) is 1. The van der Waals surface area contributed by atoms with Crippen molar-refractivity contribution in [2.45, 2.75) is 57.3 Å². The molecule has 252 valence electrons. The van der Waals surface area contributed by atoms with Crippen LogP contribution in [-0.4, -0.2) is 0 Å². The second kappa shape index (κ2) is 12.2. The zero-order valence-electron chi connectivity index (χ0n) is 30.1. The molecule has 52 heavy (non-hydrogen) atoms. The van der Waals surface area contributed by atoms with Gasteiger partial charge in [-0.15, -0.1) is 0 Å². The molecule has 0 spiro atoms. The van der Waals surface area contributed by atoms with Gasteiger partial charge in [-0.2, -0.15) is 0 Å². The van der Waals surface area contributed by atoms with E-state index in [9.17, 15) is 0 Å². The molecule has 8 aromatic rings. The molecule has 0 unspecified atom stereocenters. The molecule has 0 heterocycles. The lowest BCUT2D eigenvalue weighted by molar-refractivity contribution is 0.444. The molecule has 10 rings (SSSR count). The zero-order chi connectivity index (χ0) is 34.8. The largest absolute Gasteiger partial charge is 0.310 e. The van der Waals surface area contributed by atoms with E-state index in [1.807, 2.05) is 0 Å². The molecule has 0 aliphatic heterocycles. The van der Waals surface area contributed by atoms with Gasteiger partial charge in [0.1, 0.15) is 0 Å². The summed E-state index contributed by atoms with van der Waals surface area (Å²) in [6.45, 7) is 4.73. The summed E-state index contributed by atoms with van der Waals surface area (Å²) < 4.78 is 0. The van der Waals surface area contributed by atoms with Gasteiger partial charge in [-0.05, 0) is 115 Å². The third-order valence-corrected chi connectivity index (χ3v) is 12.2. The minimum atomic E-state index is -0.0503. The summed E-state index contributed by atoms with van der Waals surface area (Å²) in [5, 5.41) is 7.62. The van der Waals surface area contributed by atoms with Crippen molar-refractivity contribution in [3.63, 3.8) is 0 Å². The highest BCUT2D eigenvalue weighted by Gasteiger charge is 2.35. The number of anilines is 3. The molecule has 8 aromatic carbocycles. The highest BCUT2D eigenvalue weighted by Crippen LogP contribution is 2.52. The topological polar surface area (TPSA) is 3.24 Å². The summed E-state index contributed by atoms with van der Waals surface area (Å²) in [6, 6.07) is 59.6. The van der Waals surface area contributed by atoms with Crippen molar-refractivity contribution in [1.82, 2.24) is 0 Å². The minimum absolute atomic E-state index is 0.0503. The standard InChI is InChI=1S/C51H43N/c1-51(2)47-22-11-10-20-44(47)46-33-41(28-29-48(46)51)52(40-27-25-38-31-37(23-24-39(38)32-40)34-13-4-3-5-14-34)49-30-26-36-16-7-9-19-43(36)50(49)45-21-12-17-35-15-6-8-18-42(35)45/h6-12,15-34H,3-5,13-14H2,1-2H3. The molecule has 2 aliphatic carbocycles. The highest BCUT2D eigenvalue weighted by molar-refractivity contribution is 6.11. The zero-order valence-corrected chi connectivity index (χ0v) is 30.1. The lowest BCUT2D eigenvalue weighted by Crippen LogP contribution is -2.15. The number of benzene rings is 8. The van der Waals surface area contributed by atoms with Crippen molar-refractivity contribution >= 4 is 49.4 Å². The fraction of sp³-hybridized carbons (Fsp3) is 0.176. The predicted octanol–water partition coefficient (Wildman–Crippen LogP) is 14.6. The molecule has 0 atom stereocenters. The Balaban J connectivity index is 1.23. The van der Waals surface area contributed by atoms with Crippen LogP contribution in [0, 0.1) is 0 Å². The molecule has 0 saturated heterocycles. The van der Waals surface area contributed by atoms with Crippen LogP contribution in [0.2, 0.25) is 0 Å². The van der Waals surface area contributed by atoms with E-state index in [0.717, 1.165) is 0 Å². The van der Waals surface area contributed by atoms with Gasteiger partial charge in [0.05, 0.1) is 5.69 Å². The van der Waals surface area contributed by atoms with Crippen LogP contribution in [0.1, 0.15) is 68.6 Å². The molecular formula is C51H43N. The summed E-state index contributed by atoms with van der Waals surface area (Å²) in [5.74, 6) is 0.689. The van der Waals surface area contributed by atoms with Crippen LogP contribution in [0.15, 0.2) is 158 Å². The van der Waals surface area contributed by atoms with Crippen LogP contribution < -0.4 is 4.90 Å². The average Bonchev–Trinajstić information content (AvgIpc) is 3.43. The molecule has 0 N–H and O–H groups in total. The van der Waals surface area contributed by atoms with Gasteiger partial charge in [-0.1, -0.05) is 161 Å². The molecule has 1 saturated carbocycles. The smallest absolute Gasteiger partial charge is 0.0546 e. The normalized spacial score (nSPS) is 15.2. The Morgan fingerprint density at radius 1 is 0.462 bits per heavy atom. The van der Waals surface area contributed by atoms with Gasteiger partial charge in [-0.25, -0.2) is 0 Å². The van der Waals surface area contributed by atoms with Crippen LogP contribution in [0.3, 0.4) is 0 Å². The molecule has 0 amide bonds. The van der Waals surface area contributed by atoms with E-state index in [1.165, 1.54) is 120 Å². The van der Waals surface area contributed by atoms with Gasteiger partial charge in [0, 0.05) is 22.4 Å². The average molecular weight is 670 g/mol. The fourth-order valence-electron chi connectivity index (χ4n) is 9.53. The van der Waals surface area contributed by atoms with Gasteiger partial charge in [-0.3, -0.25) is 0 Å². The van der Waals surface area contributed by atoms with Crippen LogP contribution in [-0.2, 0) is 5.41 Å². The molecular weight excluding hydrogens is 627 g/mol. The Morgan fingerprint density at radius 2 is 1.08 bits per heavy atom. The maximum absolute atomic E-state index is 2.52. The quantitative estimate of drug-likeness (QED) is 0.176. The van der Waals surface area contributed by atoms with Crippen molar-refractivity contribution in [2.24, 2.45) is 0 Å². The summed E-state index contributed by atoms with van der Waals surface area (Å²) in [7, 11) is 0. The van der Waals surface area contributed by atoms with E-state index in [-0.39, 0.29) is 5.41 Å².